The molecule has 170 valence electrons. The van der Waals surface area contributed by atoms with Gasteiger partial charge in [-0.15, -0.1) is 6.42 Å². The molecular formula is C21H17N3O9. The highest BCUT2D eigenvalue weighted by Gasteiger charge is 2.35. The van der Waals surface area contributed by atoms with E-state index in [2.05, 4.69) is 16.0 Å². The molecule has 1 aromatic carbocycles. The lowest BCUT2D eigenvalue weighted by Crippen LogP contribution is -2.30. The standard InChI is InChI=1S/C21H17N3O9/c1-4-7-32-18-15(24(28)29)9-12(10-17(18)30-2)8-14-19(25)23(21(27)22-14)11-13-5-6-16(33-13)20(26)31-3/h1,5-6,8-10H,7,11H2,2-3H3,(H,22,27)/b14-8-. The second-order valence-corrected chi connectivity index (χ2v) is 6.46. The van der Waals surface area contributed by atoms with Gasteiger partial charge in [0.15, 0.2) is 5.75 Å². The molecule has 1 aliphatic rings. The maximum atomic E-state index is 12.7. The number of furan rings is 1. The van der Waals surface area contributed by atoms with E-state index in [0.29, 0.717) is 0 Å². The van der Waals surface area contributed by atoms with Crippen LogP contribution in [0.5, 0.6) is 11.5 Å². The molecular weight excluding hydrogens is 438 g/mol. The van der Waals surface area contributed by atoms with Gasteiger partial charge < -0.3 is 23.9 Å². The molecule has 1 N–H and O–H groups in total. The van der Waals surface area contributed by atoms with Crippen molar-refractivity contribution in [3.63, 3.8) is 0 Å². The Kier molecular flexibility index (Phi) is 6.63. The normalized spacial score (nSPS) is 14.1. The van der Waals surface area contributed by atoms with Crippen molar-refractivity contribution < 1.29 is 37.9 Å². The van der Waals surface area contributed by atoms with Crippen LogP contribution in [0.4, 0.5) is 10.5 Å². The number of hydrogen-bond acceptors (Lipinski definition) is 9. The van der Waals surface area contributed by atoms with Gasteiger partial charge in [-0.25, -0.2) is 9.59 Å². The monoisotopic (exact) mass is 455 g/mol. The molecule has 3 rings (SSSR count). The van der Waals surface area contributed by atoms with E-state index in [1.807, 2.05) is 0 Å². The molecule has 0 saturated carbocycles. The van der Waals surface area contributed by atoms with Crippen LogP contribution in [0, 0.1) is 22.5 Å². The number of hydrogen-bond donors (Lipinski definition) is 1. The number of benzene rings is 1. The zero-order valence-electron chi connectivity index (χ0n) is 17.4. The van der Waals surface area contributed by atoms with Gasteiger partial charge in [0.25, 0.3) is 5.91 Å². The summed E-state index contributed by atoms with van der Waals surface area (Å²) >= 11 is 0. The molecule has 33 heavy (non-hydrogen) atoms. The SMILES string of the molecule is C#CCOc1c(OC)cc(/C=C2\NC(=O)N(Cc3ccc(C(=O)OC)o3)C2=O)cc1[N+](=O)[O-]. The Morgan fingerprint density at radius 2 is 2.09 bits per heavy atom. The average Bonchev–Trinajstić information content (AvgIpc) is 3.37. The van der Waals surface area contributed by atoms with Crippen LogP contribution in [0.2, 0.25) is 0 Å². The summed E-state index contributed by atoms with van der Waals surface area (Å²) in [4.78, 5) is 48.2. The Hall–Kier alpha value is -4.79. The molecule has 0 unspecified atom stereocenters. The van der Waals surface area contributed by atoms with E-state index in [1.54, 1.807) is 0 Å². The first-order chi connectivity index (χ1) is 15.8. The van der Waals surface area contributed by atoms with Crippen molar-refractivity contribution in [1.82, 2.24) is 10.2 Å². The minimum absolute atomic E-state index is 0.0193. The summed E-state index contributed by atoms with van der Waals surface area (Å²) < 4.78 is 20.2. The summed E-state index contributed by atoms with van der Waals surface area (Å²) in [7, 11) is 2.47. The fraction of sp³-hybridized carbons (Fsp3) is 0.190. The Labute approximate surface area is 186 Å². The van der Waals surface area contributed by atoms with E-state index in [-0.39, 0.29) is 47.4 Å². The van der Waals surface area contributed by atoms with E-state index in [0.717, 1.165) is 11.0 Å². The van der Waals surface area contributed by atoms with Gasteiger partial charge in [-0.2, -0.15) is 0 Å². The fourth-order valence-electron chi connectivity index (χ4n) is 2.95. The average molecular weight is 455 g/mol. The van der Waals surface area contributed by atoms with Gasteiger partial charge in [0.1, 0.15) is 18.1 Å². The molecule has 1 aromatic heterocycles. The lowest BCUT2D eigenvalue weighted by molar-refractivity contribution is -0.385. The van der Waals surface area contributed by atoms with Crippen LogP contribution in [0.3, 0.4) is 0 Å². The van der Waals surface area contributed by atoms with Crippen molar-refractivity contribution in [2.45, 2.75) is 6.54 Å². The highest BCUT2D eigenvalue weighted by atomic mass is 16.6. The van der Waals surface area contributed by atoms with Crippen LogP contribution >= 0.6 is 0 Å². The fourth-order valence-corrected chi connectivity index (χ4v) is 2.95. The number of ether oxygens (including phenoxy) is 3. The highest BCUT2D eigenvalue weighted by molar-refractivity contribution is 6.13. The Morgan fingerprint density at radius 1 is 1.33 bits per heavy atom. The highest BCUT2D eigenvalue weighted by Crippen LogP contribution is 2.39. The maximum Gasteiger partial charge on any atom is 0.373 e. The molecule has 2 aromatic rings. The van der Waals surface area contributed by atoms with Crippen LogP contribution < -0.4 is 14.8 Å². The number of rotatable bonds is 8. The lowest BCUT2D eigenvalue weighted by Gasteiger charge is -2.10. The van der Waals surface area contributed by atoms with E-state index in [9.17, 15) is 24.5 Å². The van der Waals surface area contributed by atoms with Crippen molar-refractivity contribution in [2.24, 2.45) is 0 Å². The van der Waals surface area contributed by atoms with Crippen LogP contribution in [0.25, 0.3) is 6.08 Å². The van der Waals surface area contributed by atoms with Gasteiger partial charge in [0, 0.05) is 6.07 Å². The molecule has 3 amide bonds. The first-order valence-corrected chi connectivity index (χ1v) is 9.23. The number of terminal acetylenes is 1. The number of carbonyl (C=O) groups excluding carboxylic acids is 3. The number of nitrogens with zero attached hydrogens (tertiary/aromatic N) is 2. The van der Waals surface area contributed by atoms with E-state index >= 15 is 0 Å². The quantitative estimate of drug-likeness (QED) is 0.158. The predicted molar refractivity (Wildman–Crippen MR) is 111 cm³/mol. The number of imide groups is 1. The second kappa shape index (κ2) is 9.56. The number of amides is 3. The minimum atomic E-state index is -0.738. The van der Waals surface area contributed by atoms with Gasteiger partial charge in [-0.3, -0.25) is 19.8 Å². The molecule has 0 atom stereocenters. The minimum Gasteiger partial charge on any atom is -0.493 e. The predicted octanol–water partition coefficient (Wildman–Crippen LogP) is 2.09. The molecule has 12 nitrogen and oxygen atoms in total. The molecule has 0 bridgehead atoms. The Morgan fingerprint density at radius 3 is 2.73 bits per heavy atom. The molecule has 0 aliphatic carbocycles. The van der Waals surface area contributed by atoms with Gasteiger partial charge in [0.2, 0.25) is 11.5 Å². The van der Waals surface area contributed by atoms with Crippen molar-refractivity contribution in [2.75, 3.05) is 20.8 Å². The molecule has 1 saturated heterocycles. The number of esters is 1. The number of methoxy groups -OCH3 is 2. The number of nitro benzene ring substituents is 1. The van der Waals surface area contributed by atoms with E-state index in [4.69, 9.17) is 20.3 Å². The third-order valence-corrected chi connectivity index (χ3v) is 4.41. The smallest absolute Gasteiger partial charge is 0.373 e. The second-order valence-electron chi connectivity index (χ2n) is 6.46. The zero-order chi connectivity index (χ0) is 24.1. The Balaban J connectivity index is 1.88. The molecule has 1 fully saturated rings. The number of carbonyl (C=O) groups is 3. The maximum absolute atomic E-state index is 12.7. The van der Waals surface area contributed by atoms with Crippen molar-refractivity contribution >= 4 is 29.7 Å². The number of urea groups is 1. The van der Waals surface area contributed by atoms with Gasteiger partial charge in [-0.1, -0.05) is 5.92 Å². The summed E-state index contributed by atoms with van der Waals surface area (Å²) in [5.74, 6) is 0.752. The van der Waals surface area contributed by atoms with Crippen molar-refractivity contribution in [3.8, 4) is 23.8 Å². The summed E-state index contributed by atoms with van der Waals surface area (Å²) in [6, 6.07) is 4.59. The van der Waals surface area contributed by atoms with E-state index < -0.39 is 28.5 Å². The number of nitro groups is 1. The van der Waals surface area contributed by atoms with Crippen molar-refractivity contribution in [3.05, 3.63) is 57.2 Å². The zero-order valence-corrected chi connectivity index (χ0v) is 17.4. The summed E-state index contributed by atoms with van der Waals surface area (Å²) in [5, 5.41) is 13.9. The molecule has 0 radical (unpaired) electrons. The van der Waals surface area contributed by atoms with Crippen molar-refractivity contribution in [1.29, 1.82) is 0 Å². The molecule has 1 aliphatic heterocycles. The molecule has 0 spiro atoms. The van der Waals surface area contributed by atoms with Gasteiger partial charge in [0.05, 0.1) is 25.7 Å². The van der Waals surface area contributed by atoms with Crippen LogP contribution in [0.1, 0.15) is 21.9 Å². The van der Waals surface area contributed by atoms with Crippen LogP contribution in [0.15, 0.2) is 34.4 Å². The first kappa shape index (κ1) is 22.9. The molecule has 12 heteroatoms. The lowest BCUT2D eigenvalue weighted by atomic mass is 10.1. The largest absolute Gasteiger partial charge is 0.493 e. The summed E-state index contributed by atoms with van der Waals surface area (Å²) in [6.07, 6.45) is 6.40. The third kappa shape index (κ3) is 4.77. The first-order valence-electron chi connectivity index (χ1n) is 9.23. The summed E-state index contributed by atoms with van der Waals surface area (Å²) in [5.41, 5.74) is -0.368. The Bertz CT molecular complexity index is 1210. The van der Waals surface area contributed by atoms with E-state index in [1.165, 1.54) is 38.5 Å². The van der Waals surface area contributed by atoms with Crippen LogP contribution in [-0.4, -0.2) is 48.6 Å². The molecule has 2 heterocycles. The number of nitrogens with one attached hydrogen (secondary N) is 1. The third-order valence-electron chi connectivity index (χ3n) is 4.41. The van der Waals surface area contributed by atoms with Gasteiger partial charge >= 0.3 is 17.7 Å². The van der Waals surface area contributed by atoms with Crippen LogP contribution in [-0.2, 0) is 16.1 Å². The van der Waals surface area contributed by atoms with Gasteiger partial charge in [-0.05, 0) is 29.8 Å². The summed E-state index contributed by atoms with van der Waals surface area (Å²) in [6.45, 7) is -0.465. The topological polar surface area (TPSA) is 150 Å².